The van der Waals surface area contributed by atoms with Crippen molar-refractivity contribution in [3.05, 3.63) is 71.6 Å². The normalized spacial score (nSPS) is 10.8. The van der Waals surface area contributed by atoms with Crippen molar-refractivity contribution in [2.24, 2.45) is 0 Å². The number of carbonyl (C=O) groups excluding carboxylic acids is 1. The fraction of sp³-hybridized carbons (Fsp3) is 0.0625. The highest BCUT2D eigenvalue weighted by Gasteiger charge is 2.01. The summed E-state index contributed by atoms with van der Waals surface area (Å²) in [5.74, 6) is -0.470. The van der Waals surface area contributed by atoms with Crippen LogP contribution in [0.1, 0.15) is 15.9 Å². The second-order valence-electron chi connectivity index (χ2n) is 3.98. The van der Waals surface area contributed by atoms with Crippen molar-refractivity contribution in [3.63, 3.8) is 0 Å². The van der Waals surface area contributed by atoms with Gasteiger partial charge in [0.1, 0.15) is 5.82 Å². The van der Waals surface area contributed by atoms with Crippen LogP contribution >= 0.6 is 11.8 Å². The number of hydrogen-bond donors (Lipinski definition) is 0. The van der Waals surface area contributed by atoms with Gasteiger partial charge in [-0.15, -0.1) is 11.8 Å². The van der Waals surface area contributed by atoms with Crippen LogP contribution < -0.4 is 0 Å². The smallest absolute Gasteiger partial charge is 0.185 e. The molecule has 0 aliphatic carbocycles. The third-order valence-corrected chi connectivity index (χ3v) is 3.42. The topological polar surface area (TPSA) is 17.1 Å². The first-order valence-electron chi connectivity index (χ1n) is 5.81. The molecular weight excluding hydrogens is 259 g/mol. The molecule has 0 saturated carbocycles. The van der Waals surface area contributed by atoms with Crippen LogP contribution in [0.2, 0.25) is 0 Å². The third-order valence-electron chi connectivity index (χ3n) is 2.67. The molecule has 0 saturated heterocycles. The van der Waals surface area contributed by atoms with E-state index in [1.165, 1.54) is 35.2 Å². The van der Waals surface area contributed by atoms with Gasteiger partial charge in [-0.25, -0.2) is 4.39 Å². The third kappa shape index (κ3) is 3.80. The average molecular weight is 272 g/mol. The Labute approximate surface area is 116 Å². The number of thioether (sulfide) groups is 1. The Kier molecular flexibility index (Phi) is 4.53. The summed E-state index contributed by atoms with van der Waals surface area (Å²) < 4.78 is 12.7. The maximum atomic E-state index is 12.7. The number of benzene rings is 2. The fourth-order valence-corrected chi connectivity index (χ4v) is 2.01. The highest BCUT2D eigenvalue weighted by atomic mass is 32.2. The number of rotatable bonds is 4. The maximum Gasteiger partial charge on any atom is 0.185 e. The lowest BCUT2D eigenvalue weighted by atomic mass is 10.1. The molecule has 0 spiro atoms. The molecule has 2 rings (SSSR count). The number of halogens is 1. The van der Waals surface area contributed by atoms with Crippen LogP contribution in [0.3, 0.4) is 0 Å². The van der Waals surface area contributed by atoms with E-state index < -0.39 is 0 Å². The Morgan fingerprint density at radius 3 is 2.26 bits per heavy atom. The van der Waals surface area contributed by atoms with Gasteiger partial charge in [-0.05, 0) is 54.3 Å². The number of ketones is 1. The summed E-state index contributed by atoms with van der Waals surface area (Å²) >= 11 is 1.67. The van der Waals surface area contributed by atoms with Gasteiger partial charge in [-0.1, -0.05) is 18.2 Å². The molecule has 0 amide bonds. The predicted molar refractivity (Wildman–Crippen MR) is 78.0 cm³/mol. The van der Waals surface area contributed by atoms with E-state index in [1.54, 1.807) is 17.8 Å². The summed E-state index contributed by atoms with van der Waals surface area (Å²) in [4.78, 5) is 13.0. The molecule has 0 fully saturated rings. The van der Waals surface area contributed by atoms with Crippen LogP contribution in [0.4, 0.5) is 4.39 Å². The van der Waals surface area contributed by atoms with Gasteiger partial charge in [0.15, 0.2) is 5.78 Å². The van der Waals surface area contributed by atoms with E-state index in [9.17, 15) is 9.18 Å². The molecule has 0 aliphatic rings. The van der Waals surface area contributed by atoms with Crippen molar-refractivity contribution in [1.29, 1.82) is 0 Å². The zero-order chi connectivity index (χ0) is 13.7. The first kappa shape index (κ1) is 13.6. The molecular formula is C16H13FOS. The first-order chi connectivity index (χ1) is 9.19. The Morgan fingerprint density at radius 1 is 1.05 bits per heavy atom. The summed E-state index contributed by atoms with van der Waals surface area (Å²) in [6, 6.07) is 13.5. The molecule has 2 aromatic carbocycles. The van der Waals surface area contributed by atoms with Crippen LogP contribution in [-0.2, 0) is 0 Å². The van der Waals surface area contributed by atoms with E-state index in [0.29, 0.717) is 5.56 Å². The minimum absolute atomic E-state index is 0.131. The molecule has 0 aliphatic heterocycles. The van der Waals surface area contributed by atoms with Crippen molar-refractivity contribution < 1.29 is 9.18 Å². The number of allylic oxidation sites excluding steroid dienone is 1. The van der Waals surface area contributed by atoms with E-state index >= 15 is 0 Å². The molecule has 1 nitrogen and oxygen atoms in total. The minimum Gasteiger partial charge on any atom is -0.289 e. The molecule has 0 bridgehead atoms. The largest absolute Gasteiger partial charge is 0.289 e. The van der Waals surface area contributed by atoms with Gasteiger partial charge < -0.3 is 0 Å². The molecule has 0 unspecified atom stereocenters. The summed E-state index contributed by atoms with van der Waals surface area (Å²) in [6.45, 7) is 0. The van der Waals surface area contributed by atoms with Crippen molar-refractivity contribution in [1.82, 2.24) is 0 Å². The highest BCUT2D eigenvalue weighted by Crippen LogP contribution is 2.15. The number of hydrogen-bond acceptors (Lipinski definition) is 2. The van der Waals surface area contributed by atoms with E-state index in [-0.39, 0.29) is 11.6 Å². The zero-order valence-corrected chi connectivity index (χ0v) is 11.3. The van der Waals surface area contributed by atoms with Gasteiger partial charge in [0.05, 0.1) is 0 Å². The lowest BCUT2D eigenvalue weighted by Crippen LogP contribution is -1.93. The fourth-order valence-electron chi connectivity index (χ4n) is 1.60. The summed E-state index contributed by atoms with van der Waals surface area (Å²) in [5.41, 5.74) is 1.45. The van der Waals surface area contributed by atoms with Gasteiger partial charge in [0, 0.05) is 10.5 Å². The molecule has 0 heterocycles. The molecule has 96 valence electrons. The quantitative estimate of drug-likeness (QED) is 0.465. The molecule has 0 aromatic heterocycles. The first-order valence-corrected chi connectivity index (χ1v) is 7.03. The van der Waals surface area contributed by atoms with Gasteiger partial charge in [-0.2, -0.15) is 0 Å². The Balaban J connectivity index is 2.08. The summed E-state index contributed by atoms with van der Waals surface area (Å²) in [6.07, 6.45) is 5.28. The molecule has 0 atom stereocenters. The monoisotopic (exact) mass is 272 g/mol. The van der Waals surface area contributed by atoms with Gasteiger partial charge >= 0.3 is 0 Å². The Hall–Kier alpha value is -1.87. The minimum atomic E-state index is -0.340. The zero-order valence-electron chi connectivity index (χ0n) is 10.5. The summed E-state index contributed by atoms with van der Waals surface area (Å²) in [5, 5.41) is 0. The van der Waals surface area contributed by atoms with E-state index in [2.05, 4.69) is 0 Å². The van der Waals surface area contributed by atoms with Gasteiger partial charge in [0.2, 0.25) is 0 Å². The van der Waals surface area contributed by atoms with Crippen LogP contribution in [-0.4, -0.2) is 12.0 Å². The molecule has 2 aromatic rings. The average Bonchev–Trinajstić information content (AvgIpc) is 2.46. The lowest BCUT2D eigenvalue weighted by Gasteiger charge is -1.97. The maximum absolute atomic E-state index is 12.7. The van der Waals surface area contributed by atoms with E-state index in [4.69, 9.17) is 0 Å². The second kappa shape index (κ2) is 6.34. The molecule has 0 N–H and O–H groups in total. The van der Waals surface area contributed by atoms with Crippen molar-refractivity contribution in [3.8, 4) is 0 Å². The Morgan fingerprint density at radius 2 is 1.68 bits per heavy atom. The standard InChI is InChI=1S/C16H13FOS/c1-19-15-9-2-12(3-10-15)4-11-16(18)13-5-7-14(17)8-6-13/h2-11H,1H3/b11-4+. The van der Waals surface area contributed by atoms with Gasteiger partial charge in [-0.3, -0.25) is 4.79 Å². The van der Waals surface area contributed by atoms with Crippen LogP contribution in [0, 0.1) is 5.82 Å². The molecule has 19 heavy (non-hydrogen) atoms. The SMILES string of the molecule is CSc1ccc(/C=C/C(=O)c2ccc(F)cc2)cc1. The lowest BCUT2D eigenvalue weighted by molar-refractivity contribution is 0.104. The van der Waals surface area contributed by atoms with Crippen molar-refractivity contribution in [2.75, 3.05) is 6.26 Å². The van der Waals surface area contributed by atoms with Crippen molar-refractivity contribution in [2.45, 2.75) is 4.90 Å². The molecule has 0 radical (unpaired) electrons. The number of carbonyl (C=O) groups is 1. The second-order valence-corrected chi connectivity index (χ2v) is 4.86. The van der Waals surface area contributed by atoms with Crippen molar-refractivity contribution >= 4 is 23.6 Å². The van der Waals surface area contributed by atoms with Crippen LogP contribution in [0.5, 0.6) is 0 Å². The molecule has 3 heteroatoms. The highest BCUT2D eigenvalue weighted by molar-refractivity contribution is 7.98. The van der Waals surface area contributed by atoms with E-state index in [1.807, 2.05) is 30.5 Å². The van der Waals surface area contributed by atoms with Gasteiger partial charge in [0.25, 0.3) is 0 Å². The van der Waals surface area contributed by atoms with Crippen LogP contribution in [0.15, 0.2) is 59.5 Å². The summed E-state index contributed by atoms with van der Waals surface area (Å²) in [7, 11) is 0. The van der Waals surface area contributed by atoms with Crippen LogP contribution in [0.25, 0.3) is 6.08 Å². The van der Waals surface area contributed by atoms with E-state index in [0.717, 1.165) is 5.56 Å². The Bertz CT molecular complexity index is 585. The predicted octanol–water partition coefficient (Wildman–Crippen LogP) is 4.44.